The van der Waals surface area contributed by atoms with Gasteiger partial charge >= 0.3 is 0 Å². The van der Waals surface area contributed by atoms with E-state index >= 15 is 0 Å². The Hall–Kier alpha value is -2.61. The van der Waals surface area contributed by atoms with Gasteiger partial charge in [-0.2, -0.15) is 0 Å². The monoisotopic (exact) mass is 302 g/mol. The second kappa shape index (κ2) is 5.06. The molecule has 0 unspecified atom stereocenters. The van der Waals surface area contributed by atoms with Crippen LogP contribution >= 0.6 is 11.3 Å². The molecule has 8 heteroatoms. The first-order valence-electron chi connectivity index (χ1n) is 6.11. The first kappa shape index (κ1) is 13.4. The number of carbonyl (C=O) groups is 3. The topological polar surface area (TPSA) is 92.3 Å². The number of amides is 3. The SMILES string of the molecule is Cc1nnc(NC(=O)CN2C(=O)c3ccccc3C2=O)s1. The highest BCUT2D eigenvalue weighted by Gasteiger charge is 2.36. The van der Waals surface area contributed by atoms with E-state index in [1.54, 1.807) is 31.2 Å². The third kappa shape index (κ3) is 2.40. The van der Waals surface area contributed by atoms with E-state index in [1.165, 1.54) is 11.3 Å². The lowest BCUT2D eigenvalue weighted by Crippen LogP contribution is -2.37. The number of fused-ring (bicyclic) bond motifs is 1. The number of hydrogen-bond donors (Lipinski definition) is 1. The lowest BCUT2D eigenvalue weighted by Gasteiger charge is -2.12. The maximum absolute atomic E-state index is 12.1. The van der Waals surface area contributed by atoms with Crippen molar-refractivity contribution in [2.75, 3.05) is 11.9 Å². The molecule has 3 rings (SSSR count). The summed E-state index contributed by atoms with van der Waals surface area (Å²) in [5.41, 5.74) is 0.643. The maximum Gasteiger partial charge on any atom is 0.262 e. The number of carbonyl (C=O) groups excluding carboxylic acids is 3. The van der Waals surface area contributed by atoms with Crippen molar-refractivity contribution in [1.29, 1.82) is 0 Å². The zero-order valence-electron chi connectivity index (χ0n) is 11.0. The van der Waals surface area contributed by atoms with Gasteiger partial charge < -0.3 is 0 Å². The van der Waals surface area contributed by atoms with Crippen LogP contribution in [0.15, 0.2) is 24.3 Å². The van der Waals surface area contributed by atoms with Gasteiger partial charge in [-0.15, -0.1) is 10.2 Å². The molecule has 1 aliphatic heterocycles. The molecule has 0 saturated heterocycles. The number of imide groups is 1. The summed E-state index contributed by atoms with van der Waals surface area (Å²) in [4.78, 5) is 37.0. The predicted molar refractivity (Wildman–Crippen MR) is 75.1 cm³/mol. The van der Waals surface area contributed by atoms with Gasteiger partial charge in [-0.3, -0.25) is 24.6 Å². The van der Waals surface area contributed by atoms with Crippen LogP contribution in [0.25, 0.3) is 0 Å². The van der Waals surface area contributed by atoms with Crippen LogP contribution in [0.1, 0.15) is 25.7 Å². The quantitative estimate of drug-likeness (QED) is 0.857. The van der Waals surface area contributed by atoms with Gasteiger partial charge in [0.25, 0.3) is 11.8 Å². The van der Waals surface area contributed by atoms with E-state index in [-0.39, 0.29) is 6.54 Å². The maximum atomic E-state index is 12.1. The Morgan fingerprint density at radius 2 is 1.81 bits per heavy atom. The number of hydrogen-bond acceptors (Lipinski definition) is 6. The Kier molecular flexibility index (Phi) is 3.22. The summed E-state index contributed by atoms with van der Waals surface area (Å²) < 4.78 is 0. The van der Waals surface area contributed by atoms with Gasteiger partial charge in [0.15, 0.2) is 0 Å². The van der Waals surface area contributed by atoms with Gasteiger partial charge in [0.1, 0.15) is 11.6 Å². The van der Waals surface area contributed by atoms with Gasteiger partial charge in [0.2, 0.25) is 11.0 Å². The van der Waals surface area contributed by atoms with Gasteiger partial charge in [0, 0.05) is 0 Å². The molecule has 2 aromatic rings. The minimum atomic E-state index is -0.486. The van der Waals surface area contributed by atoms with Crippen LogP contribution < -0.4 is 5.32 Å². The van der Waals surface area contributed by atoms with Crippen molar-refractivity contribution >= 4 is 34.2 Å². The van der Waals surface area contributed by atoms with E-state index in [9.17, 15) is 14.4 Å². The summed E-state index contributed by atoms with van der Waals surface area (Å²) in [5.74, 6) is -1.40. The summed E-state index contributed by atoms with van der Waals surface area (Å²) >= 11 is 1.22. The normalized spacial score (nSPS) is 13.5. The Morgan fingerprint density at radius 3 is 2.33 bits per heavy atom. The highest BCUT2D eigenvalue weighted by atomic mass is 32.1. The Labute approximate surface area is 123 Å². The standard InChI is InChI=1S/C13H10N4O3S/c1-7-15-16-13(21-7)14-10(18)6-17-11(19)8-4-2-3-5-9(8)12(17)20/h2-5H,6H2,1H3,(H,14,16,18). The molecule has 0 saturated carbocycles. The van der Waals surface area contributed by atoms with Crippen LogP contribution in [0.3, 0.4) is 0 Å². The first-order chi connectivity index (χ1) is 10.1. The minimum absolute atomic E-state index is 0.321. The van der Waals surface area contributed by atoms with Crippen molar-refractivity contribution in [1.82, 2.24) is 15.1 Å². The molecule has 106 valence electrons. The van der Waals surface area contributed by atoms with Crippen molar-refractivity contribution in [3.63, 3.8) is 0 Å². The van der Waals surface area contributed by atoms with E-state index in [0.29, 0.717) is 21.3 Å². The number of anilines is 1. The Bertz CT molecular complexity index is 720. The van der Waals surface area contributed by atoms with Crippen molar-refractivity contribution in [3.05, 3.63) is 40.4 Å². The molecular weight excluding hydrogens is 292 g/mol. The number of rotatable bonds is 3. The molecule has 3 amide bonds. The number of benzene rings is 1. The fraction of sp³-hybridized carbons (Fsp3) is 0.154. The summed E-state index contributed by atoms with van der Waals surface area (Å²) in [6.07, 6.45) is 0. The molecule has 0 fully saturated rings. The first-order valence-corrected chi connectivity index (χ1v) is 6.93. The van der Waals surface area contributed by atoms with Gasteiger partial charge in [-0.25, -0.2) is 0 Å². The molecule has 0 aliphatic carbocycles. The highest BCUT2D eigenvalue weighted by molar-refractivity contribution is 7.15. The molecule has 2 heterocycles. The summed E-state index contributed by atoms with van der Waals surface area (Å²) in [7, 11) is 0. The molecule has 1 aromatic carbocycles. The van der Waals surface area contributed by atoms with E-state index in [1.807, 2.05) is 0 Å². The Balaban J connectivity index is 1.73. The number of aromatic nitrogens is 2. The number of aryl methyl sites for hydroxylation is 1. The van der Waals surface area contributed by atoms with E-state index in [4.69, 9.17) is 0 Å². The molecule has 21 heavy (non-hydrogen) atoms. The zero-order valence-corrected chi connectivity index (χ0v) is 11.8. The predicted octanol–water partition coefficient (Wildman–Crippen LogP) is 1.08. The molecule has 0 radical (unpaired) electrons. The summed E-state index contributed by atoms with van der Waals surface area (Å²) in [6, 6.07) is 6.50. The number of nitrogens with zero attached hydrogens (tertiary/aromatic N) is 3. The average Bonchev–Trinajstić information content (AvgIpc) is 2.97. The van der Waals surface area contributed by atoms with Crippen LogP contribution in [-0.2, 0) is 4.79 Å². The Morgan fingerprint density at radius 1 is 1.19 bits per heavy atom. The van der Waals surface area contributed by atoms with Crippen LogP contribution in [-0.4, -0.2) is 39.4 Å². The summed E-state index contributed by atoms with van der Waals surface area (Å²) in [5, 5.41) is 11.1. The molecule has 0 atom stereocenters. The fourth-order valence-corrected chi connectivity index (χ4v) is 2.64. The fourth-order valence-electron chi connectivity index (χ4n) is 2.03. The van der Waals surface area contributed by atoms with Crippen molar-refractivity contribution in [2.45, 2.75) is 6.92 Å². The van der Waals surface area contributed by atoms with Crippen molar-refractivity contribution in [3.8, 4) is 0 Å². The van der Waals surface area contributed by atoms with Crippen molar-refractivity contribution in [2.24, 2.45) is 0 Å². The largest absolute Gasteiger partial charge is 0.299 e. The van der Waals surface area contributed by atoms with E-state index < -0.39 is 17.7 Å². The van der Waals surface area contributed by atoms with Gasteiger partial charge in [-0.1, -0.05) is 23.5 Å². The lowest BCUT2D eigenvalue weighted by atomic mass is 10.1. The minimum Gasteiger partial charge on any atom is -0.299 e. The second-order valence-corrected chi connectivity index (χ2v) is 5.60. The van der Waals surface area contributed by atoms with Gasteiger partial charge in [0.05, 0.1) is 11.1 Å². The van der Waals surface area contributed by atoms with E-state index in [2.05, 4.69) is 15.5 Å². The lowest BCUT2D eigenvalue weighted by molar-refractivity contribution is -0.116. The van der Waals surface area contributed by atoms with Gasteiger partial charge in [-0.05, 0) is 19.1 Å². The molecule has 0 spiro atoms. The highest BCUT2D eigenvalue weighted by Crippen LogP contribution is 2.22. The van der Waals surface area contributed by atoms with Crippen LogP contribution in [0.2, 0.25) is 0 Å². The molecule has 7 nitrogen and oxygen atoms in total. The van der Waals surface area contributed by atoms with Crippen LogP contribution in [0.4, 0.5) is 5.13 Å². The average molecular weight is 302 g/mol. The van der Waals surface area contributed by atoms with Crippen molar-refractivity contribution < 1.29 is 14.4 Å². The number of nitrogens with one attached hydrogen (secondary N) is 1. The van der Waals surface area contributed by atoms with E-state index in [0.717, 1.165) is 4.90 Å². The third-order valence-electron chi connectivity index (χ3n) is 2.95. The third-order valence-corrected chi connectivity index (χ3v) is 3.71. The summed E-state index contributed by atoms with van der Waals surface area (Å²) in [6.45, 7) is 1.42. The molecule has 0 bridgehead atoms. The van der Waals surface area contributed by atoms with Crippen LogP contribution in [0, 0.1) is 6.92 Å². The second-order valence-electron chi connectivity index (χ2n) is 4.42. The van der Waals surface area contributed by atoms with Crippen LogP contribution in [0.5, 0.6) is 0 Å². The molecule has 1 aromatic heterocycles. The smallest absolute Gasteiger partial charge is 0.262 e. The zero-order chi connectivity index (χ0) is 15.0. The molecular formula is C13H10N4O3S. The molecule has 1 aliphatic rings. The molecule has 1 N–H and O–H groups in total.